The summed E-state index contributed by atoms with van der Waals surface area (Å²) in [5, 5.41) is 13.6. The molecule has 0 saturated heterocycles. The molecular formula is C16H16Cl3N5OS2. The van der Waals surface area contributed by atoms with E-state index in [0.717, 1.165) is 64.2 Å². The summed E-state index contributed by atoms with van der Waals surface area (Å²) in [5.41, 5.74) is 1.86. The molecule has 5 rings (SSSR count). The molecule has 0 unspecified atom stereocenters. The predicted octanol–water partition coefficient (Wildman–Crippen LogP) is 4.15. The second kappa shape index (κ2) is 8.08. The molecule has 0 spiro atoms. The molecule has 2 aliphatic heterocycles. The molecule has 11 heteroatoms. The lowest BCUT2D eigenvalue weighted by molar-refractivity contribution is 0.265. The number of hydrogen-bond acceptors (Lipinski definition) is 8. The van der Waals surface area contributed by atoms with E-state index in [2.05, 4.69) is 25.3 Å². The Labute approximate surface area is 180 Å². The third-order valence-corrected chi connectivity index (χ3v) is 7.46. The number of fused-ring (bicyclic) bond motifs is 2. The monoisotopic (exact) mass is 463 g/mol. The van der Waals surface area contributed by atoms with Crippen LogP contribution in [0.25, 0.3) is 0 Å². The number of rotatable bonds is 3. The summed E-state index contributed by atoms with van der Waals surface area (Å²) in [6, 6.07) is 0. The lowest BCUT2D eigenvalue weighted by Crippen LogP contribution is -2.26. The molecule has 0 radical (unpaired) electrons. The summed E-state index contributed by atoms with van der Waals surface area (Å²) in [6.07, 6.45) is 3.88. The molecule has 2 aromatic heterocycles. The van der Waals surface area contributed by atoms with Crippen LogP contribution in [0.5, 0.6) is 0 Å². The summed E-state index contributed by atoms with van der Waals surface area (Å²) >= 11 is 20.8. The van der Waals surface area contributed by atoms with Crippen molar-refractivity contribution in [3.05, 3.63) is 27.1 Å². The molecule has 0 bridgehead atoms. The van der Waals surface area contributed by atoms with Gasteiger partial charge in [0.15, 0.2) is 0 Å². The second-order valence-corrected chi connectivity index (χ2v) is 9.68. The van der Waals surface area contributed by atoms with Gasteiger partial charge in [-0.05, 0) is 36.0 Å². The fourth-order valence-corrected chi connectivity index (χ4v) is 5.64. The highest BCUT2D eigenvalue weighted by molar-refractivity contribution is 8.00. The maximum Gasteiger partial charge on any atom is 0.224 e. The summed E-state index contributed by atoms with van der Waals surface area (Å²) in [6.45, 7) is 0.147. The van der Waals surface area contributed by atoms with Crippen molar-refractivity contribution in [2.75, 3.05) is 23.4 Å². The van der Waals surface area contributed by atoms with Gasteiger partial charge >= 0.3 is 0 Å². The van der Waals surface area contributed by atoms with Gasteiger partial charge in [-0.15, -0.1) is 23.5 Å². The number of halogens is 3. The Balaban J connectivity index is 0.000000143. The number of aryl methyl sites for hydroxylation is 2. The number of aliphatic hydroxyl groups excluding tert-OH is 1. The quantitative estimate of drug-likeness (QED) is 0.518. The van der Waals surface area contributed by atoms with E-state index in [9.17, 15) is 5.11 Å². The molecule has 2 N–H and O–H groups in total. The van der Waals surface area contributed by atoms with Crippen LogP contribution in [0.2, 0.25) is 15.7 Å². The van der Waals surface area contributed by atoms with Gasteiger partial charge in [-0.25, -0.2) is 15.0 Å². The SMILES string of the molecule is Clc1nc(Cl)c2c(n1)CCS2.OCC1(Nc2nc(Cl)nc3c2SCC3)CC1. The zero-order valence-electron chi connectivity index (χ0n) is 14.1. The van der Waals surface area contributed by atoms with Gasteiger partial charge in [0.05, 0.1) is 33.3 Å². The van der Waals surface area contributed by atoms with Crippen LogP contribution in [0.1, 0.15) is 24.2 Å². The topological polar surface area (TPSA) is 83.8 Å². The number of nitrogens with one attached hydrogen (secondary N) is 1. The second-order valence-electron chi connectivity index (χ2n) is 6.44. The van der Waals surface area contributed by atoms with Crippen molar-refractivity contribution in [1.29, 1.82) is 0 Å². The van der Waals surface area contributed by atoms with Crippen molar-refractivity contribution in [1.82, 2.24) is 19.9 Å². The summed E-state index contributed by atoms with van der Waals surface area (Å²) < 4.78 is 0. The highest BCUT2D eigenvalue weighted by Crippen LogP contribution is 2.42. The van der Waals surface area contributed by atoms with Crippen LogP contribution in [0.15, 0.2) is 9.79 Å². The lowest BCUT2D eigenvalue weighted by Gasteiger charge is -2.17. The molecule has 6 nitrogen and oxygen atoms in total. The largest absolute Gasteiger partial charge is 0.394 e. The maximum atomic E-state index is 9.29. The van der Waals surface area contributed by atoms with Crippen LogP contribution < -0.4 is 5.32 Å². The predicted molar refractivity (Wildman–Crippen MR) is 111 cm³/mol. The van der Waals surface area contributed by atoms with Gasteiger partial charge in [-0.1, -0.05) is 11.6 Å². The van der Waals surface area contributed by atoms with E-state index in [4.69, 9.17) is 34.8 Å². The van der Waals surface area contributed by atoms with Crippen molar-refractivity contribution in [2.45, 2.75) is 41.0 Å². The smallest absolute Gasteiger partial charge is 0.224 e. The number of anilines is 1. The van der Waals surface area contributed by atoms with Crippen LogP contribution in [-0.2, 0) is 12.8 Å². The van der Waals surface area contributed by atoms with Crippen LogP contribution in [0.3, 0.4) is 0 Å². The lowest BCUT2D eigenvalue weighted by atomic mass is 10.2. The van der Waals surface area contributed by atoms with Crippen LogP contribution in [-0.4, -0.2) is 48.7 Å². The molecule has 4 heterocycles. The molecule has 144 valence electrons. The van der Waals surface area contributed by atoms with Gasteiger partial charge in [0.2, 0.25) is 10.6 Å². The molecule has 0 atom stereocenters. The number of nitrogens with zero attached hydrogens (tertiary/aromatic N) is 4. The van der Waals surface area contributed by atoms with Crippen LogP contribution in [0.4, 0.5) is 5.82 Å². The number of aromatic nitrogens is 4. The Hall–Kier alpha value is -0.510. The molecule has 3 aliphatic rings. The van der Waals surface area contributed by atoms with E-state index in [1.807, 2.05) is 0 Å². The average molecular weight is 465 g/mol. The van der Waals surface area contributed by atoms with Gasteiger partial charge in [0.25, 0.3) is 0 Å². The molecule has 2 aromatic rings. The Kier molecular flexibility index (Phi) is 5.92. The third kappa shape index (κ3) is 4.41. The summed E-state index contributed by atoms with van der Waals surface area (Å²) in [4.78, 5) is 18.5. The first-order valence-corrected chi connectivity index (χ1v) is 11.5. The van der Waals surface area contributed by atoms with E-state index in [1.54, 1.807) is 23.5 Å². The van der Waals surface area contributed by atoms with Crippen molar-refractivity contribution in [2.24, 2.45) is 0 Å². The average Bonchev–Trinajstić information content (AvgIpc) is 3.03. The van der Waals surface area contributed by atoms with Crippen molar-refractivity contribution in [3.63, 3.8) is 0 Å². The summed E-state index contributed by atoms with van der Waals surface area (Å²) in [7, 11) is 0. The standard InChI is InChI=1S/C10H12ClN3OS.C6H4Cl2N2S/c11-9-12-6-1-4-16-7(6)8(13-9)14-10(5-15)2-3-10;7-5-4-3(1-2-11-4)9-6(8)10-5/h15H,1-5H2,(H,12,13,14);1-2H2. The van der Waals surface area contributed by atoms with E-state index in [-0.39, 0.29) is 22.7 Å². The van der Waals surface area contributed by atoms with E-state index in [0.29, 0.717) is 5.15 Å². The van der Waals surface area contributed by atoms with E-state index in [1.165, 1.54) is 0 Å². The summed E-state index contributed by atoms with van der Waals surface area (Å²) in [5.74, 6) is 2.86. The Morgan fingerprint density at radius 1 is 0.889 bits per heavy atom. The van der Waals surface area contributed by atoms with Gasteiger partial charge < -0.3 is 10.4 Å². The highest BCUT2D eigenvalue weighted by atomic mass is 35.5. The van der Waals surface area contributed by atoms with E-state index >= 15 is 0 Å². The number of thioether (sulfide) groups is 2. The Bertz CT molecular complexity index is 882. The fraction of sp³-hybridized carbons (Fsp3) is 0.500. The van der Waals surface area contributed by atoms with Crippen LogP contribution in [0, 0.1) is 0 Å². The molecule has 1 saturated carbocycles. The Morgan fingerprint density at radius 3 is 2.11 bits per heavy atom. The van der Waals surface area contributed by atoms with Crippen LogP contribution >= 0.6 is 58.3 Å². The first-order valence-electron chi connectivity index (χ1n) is 8.43. The minimum atomic E-state index is -0.158. The molecule has 1 aliphatic carbocycles. The fourth-order valence-electron chi connectivity index (χ4n) is 2.85. The first kappa shape index (κ1) is 19.8. The minimum absolute atomic E-state index is 0.147. The molecule has 0 amide bonds. The van der Waals surface area contributed by atoms with Gasteiger partial charge in [-0.3, -0.25) is 0 Å². The number of aliphatic hydroxyl groups is 1. The molecule has 1 fully saturated rings. The molecular weight excluding hydrogens is 449 g/mol. The van der Waals surface area contributed by atoms with Crippen molar-refractivity contribution in [3.8, 4) is 0 Å². The molecule has 27 heavy (non-hydrogen) atoms. The zero-order valence-corrected chi connectivity index (χ0v) is 18.0. The number of hydrogen-bond donors (Lipinski definition) is 2. The van der Waals surface area contributed by atoms with Gasteiger partial charge in [0, 0.05) is 24.3 Å². The Morgan fingerprint density at radius 2 is 1.48 bits per heavy atom. The van der Waals surface area contributed by atoms with Crippen molar-refractivity contribution < 1.29 is 5.11 Å². The van der Waals surface area contributed by atoms with Gasteiger partial charge in [-0.2, -0.15) is 4.98 Å². The zero-order chi connectivity index (χ0) is 19.0. The normalized spacial score (nSPS) is 18.4. The highest BCUT2D eigenvalue weighted by Gasteiger charge is 2.43. The third-order valence-electron chi connectivity index (χ3n) is 4.49. The maximum absolute atomic E-state index is 9.29. The van der Waals surface area contributed by atoms with Crippen molar-refractivity contribution >= 4 is 64.1 Å². The van der Waals surface area contributed by atoms with E-state index < -0.39 is 0 Å². The minimum Gasteiger partial charge on any atom is -0.394 e. The molecule has 0 aromatic carbocycles. The first-order chi connectivity index (χ1) is 13.0. The van der Waals surface area contributed by atoms with Gasteiger partial charge in [0.1, 0.15) is 11.0 Å².